The van der Waals surface area contributed by atoms with Gasteiger partial charge in [0.15, 0.2) is 0 Å². The second-order valence-electron chi connectivity index (χ2n) is 8.06. The summed E-state index contributed by atoms with van der Waals surface area (Å²) in [6.45, 7) is 0.533. The fourth-order valence-corrected chi connectivity index (χ4v) is 4.45. The van der Waals surface area contributed by atoms with E-state index in [9.17, 15) is 18.0 Å². The molecule has 2 aromatic heterocycles. The van der Waals surface area contributed by atoms with Crippen LogP contribution >= 0.6 is 0 Å². The molecule has 158 valence electrons. The van der Waals surface area contributed by atoms with Gasteiger partial charge in [0.05, 0.1) is 11.2 Å². The lowest BCUT2D eigenvalue weighted by Crippen LogP contribution is -2.35. The van der Waals surface area contributed by atoms with Crippen LogP contribution in [0.3, 0.4) is 0 Å². The van der Waals surface area contributed by atoms with Crippen molar-refractivity contribution in [2.45, 2.75) is 18.8 Å². The Labute approximate surface area is 176 Å². The van der Waals surface area contributed by atoms with E-state index in [1.807, 2.05) is 0 Å². The Balaban J connectivity index is 1.41. The minimum absolute atomic E-state index is 0.0855. The second-order valence-corrected chi connectivity index (χ2v) is 8.06. The largest absolute Gasteiger partial charge is 0.357 e. The molecule has 0 bridgehead atoms. The number of H-pyrrole nitrogens is 2. The Bertz CT molecular complexity index is 1240. The molecule has 1 fully saturated rings. The van der Waals surface area contributed by atoms with E-state index in [0.29, 0.717) is 23.3 Å². The lowest BCUT2D eigenvalue weighted by atomic mass is 9.70. The smallest absolute Gasteiger partial charge is 0.267 e. The predicted molar refractivity (Wildman–Crippen MR) is 112 cm³/mol. The molecule has 0 aliphatic heterocycles. The first kappa shape index (κ1) is 19.5. The molecule has 2 heterocycles. The van der Waals surface area contributed by atoms with Crippen LogP contribution in [0.15, 0.2) is 54.7 Å². The van der Waals surface area contributed by atoms with E-state index in [-0.39, 0.29) is 29.1 Å². The number of amides is 1. The highest BCUT2D eigenvalue weighted by atomic mass is 19.1. The highest BCUT2D eigenvalue weighted by molar-refractivity contribution is 5.93. The lowest BCUT2D eigenvalue weighted by Gasteiger charge is -2.36. The molecule has 2 aromatic carbocycles. The van der Waals surface area contributed by atoms with Crippen molar-refractivity contribution in [2.75, 3.05) is 6.54 Å². The maximum atomic E-state index is 14.4. The van der Waals surface area contributed by atoms with Crippen LogP contribution in [0, 0.1) is 23.4 Å². The molecule has 1 amide bonds. The van der Waals surface area contributed by atoms with Gasteiger partial charge in [-0.2, -0.15) is 0 Å². The zero-order valence-electron chi connectivity index (χ0n) is 16.5. The van der Waals surface area contributed by atoms with Crippen LogP contribution in [-0.4, -0.2) is 22.4 Å². The Morgan fingerprint density at radius 2 is 1.81 bits per heavy atom. The van der Waals surface area contributed by atoms with Gasteiger partial charge in [0, 0.05) is 24.2 Å². The Hall–Kier alpha value is -3.48. The Morgan fingerprint density at radius 3 is 2.52 bits per heavy atom. The molecule has 4 aromatic rings. The molecule has 1 saturated carbocycles. The number of hydrogen-bond donors (Lipinski definition) is 3. The first-order chi connectivity index (χ1) is 15.0. The predicted octanol–water partition coefficient (Wildman–Crippen LogP) is 5.50. The Kier molecular flexibility index (Phi) is 4.81. The zero-order chi connectivity index (χ0) is 21.5. The van der Waals surface area contributed by atoms with E-state index < -0.39 is 11.6 Å². The van der Waals surface area contributed by atoms with Crippen LogP contribution in [-0.2, 0) is 0 Å². The van der Waals surface area contributed by atoms with Crippen LogP contribution < -0.4 is 5.32 Å². The molecule has 7 heteroatoms. The summed E-state index contributed by atoms with van der Waals surface area (Å²) in [7, 11) is 0. The van der Waals surface area contributed by atoms with Gasteiger partial charge in [0.2, 0.25) is 0 Å². The van der Waals surface area contributed by atoms with E-state index >= 15 is 0 Å². The van der Waals surface area contributed by atoms with Crippen LogP contribution in [0.5, 0.6) is 0 Å². The lowest BCUT2D eigenvalue weighted by molar-refractivity contribution is 0.0931. The maximum absolute atomic E-state index is 14.4. The average Bonchev–Trinajstić information content (AvgIpc) is 3.36. The summed E-state index contributed by atoms with van der Waals surface area (Å²) < 4.78 is 41.8. The van der Waals surface area contributed by atoms with Crippen LogP contribution in [0.25, 0.3) is 22.2 Å². The summed E-state index contributed by atoms with van der Waals surface area (Å²) in [5.41, 5.74) is 3.00. The minimum Gasteiger partial charge on any atom is -0.357 e. The van der Waals surface area contributed by atoms with Crippen molar-refractivity contribution in [3.8, 4) is 11.3 Å². The van der Waals surface area contributed by atoms with Crippen LogP contribution in [0.4, 0.5) is 13.2 Å². The van der Waals surface area contributed by atoms with Gasteiger partial charge in [0.1, 0.15) is 23.1 Å². The molecule has 0 saturated heterocycles. The number of rotatable bonds is 5. The van der Waals surface area contributed by atoms with E-state index in [2.05, 4.69) is 15.3 Å². The average molecular weight is 423 g/mol. The van der Waals surface area contributed by atoms with E-state index in [0.717, 1.165) is 30.0 Å². The van der Waals surface area contributed by atoms with Gasteiger partial charge in [-0.1, -0.05) is 0 Å². The normalized spacial score (nSPS) is 18.2. The van der Waals surface area contributed by atoms with E-state index in [1.165, 1.54) is 18.2 Å². The van der Waals surface area contributed by atoms with Crippen molar-refractivity contribution in [3.63, 3.8) is 0 Å². The summed E-state index contributed by atoms with van der Waals surface area (Å²) in [6.07, 6.45) is 3.26. The maximum Gasteiger partial charge on any atom is 0.267 e. The number of aromatic nitrogens is 2. The number of carbonyl (C=O) groups excluding carboxylic acids is 1. The third kappa shape index (κ3) is 3.60. The number of fused-ring (bicyclic) bond motifs is 1. The second kappa shape index (κ2) is 7.65. The minimum atomic E-state index is -0.654. The quantitative estimate of drug-likeness (QED) is 0.390. The Morgan fingerprint density at radius 1 is 1.03 bits per heavy atom. The molecule has 0 unspecified atom stereocenters. The van der Waals surface area contributed by atoms with Crippen LogP contribution in [0.1, 0.15) is 34.8 Å². The van der Waals surface area contributed by atoms with Gasteiger partial charge in [-0.3, -0.25) is 4.79 Å². The third-order valence-corrected chi connectivity index (χ3v) is 6.04. The zero-order valence-corrected chi connectivity index (χ0v) is 16.5. The number of halogens is 3. The molecule has 1 aliphatic rings. The highest BCUT2D eigenvalue weighted by Gasteiger charge is 2.34. The summed E-state index contributed by atoms with van der Waals surface area (Å²) >= 11 is 0. The number of hydrogen-bond acceptors (Lipinski definition) is 1. The molecule has 1 aliphatic carbocycles. The fraction of sp³-hybridized carbons (Fsp3) is 0.208. The molecular weight excluding hydrogens is 403 g/mol. The molecule has 4 nitrogen and oxygen atoms in total. The fourth-order valence-electron chi connectivity index (χ4n) is 4.45. The number of aromatic amines is 2. The molecule has 0 spiro atoms. The standard InChI is InChI=1S/C24H20F3N3O/c25-16-5-3-14(4-6-16)22-21(18-10-17(26)11-19(27)23(18)30-22)15-8-13(9-15)12-29-24(31)20-2-1-7-28-20/h1-7,10-11,13,15,28,30H,8-9,12H2,(H,29,31)/t13-,15-. The highest BCUT2D eigenvalue weighted by Crippen LogP contribution is 2.48. The van der Waals surface area contributed by atoms with Crippen molar-refractivity contribution in [1.29, 1.82) is 0 Å². The summed E-state index contributed by atoms with van der Waals surface area (Å²) in [4.78, 5) is 18.1. The third-order valence-electron chi connectivity index (χ3n) is 6.04. The molecule has 31 heavy (non-hydrogen) atoms. The van der Waals surface area contributed by atoms with Gasteiger partial charge < -0.3 is 15.3 Å². The SMILES string of the molecule is O=C(NC[C@H]1C[C@H](c2c(-c3ccc(F)cc3)[nH]c3c(F)cc(F)cc32)C1)c1ccc[nH]1. The summed E-state index contributed by atoms with van der Waals surface area (Å²) in [6, 6.07) is 11.6. The molecule has 3 N–H and O–H groups in total. The monoisotopic (exact) mass is 423 g/mol. The van der Waals surface area contributed by atoms with E-state index in [1.54, 1.807) is 30.5 Å². The van der Waals surface area contributed by atoms with Gasteiger partial charge in [-0.05, 0) is 78.3 Å². The van der Waals surface area contributed by atoms with Crippen molar-refractivity contribution in [3.05, 3.63) is 83.4 Å². The van der Waals surface area contributed by atoms with Crippen molar-refractivity contribution in [2.24, 2.45) is 5.92 Å². The van der Waals surface area contributed by atoms with Gasteiger partial charge in [0.25, 0.3) is 5.91 Å². The summed E-state index contributed by atoms with van der Waals surface area (Å²) in [5.74, 6) is -1.45. The first-order valence-electron chi connectivity index (χ1n) is 10.2. The van der Waals surface area contributed by atoms with Gasteiger partial charge in [-0.25, -0.2) is 13.2 Å². The molecule has 0 atom stereocenters. The van der Waals surface area contributed by atoms with Gasteiger partial charge >= 0.3 is 0 Å². The first-order valence-corrected chi connectivity index (χ1v) is 10.2. The number of carbonyl (C=O) groups is 1. The van der Waals surface area contributed by atoms with E-state index in [4.69, 9.17) is 0 Å². The van der Waals surface area contributed by atoms with Crippen molar-refractivity contribution in [1.82, 2.24) is 15.3 Å². The van der Waals surface area contributed by atoms with Gasteiger partial charge in [-0.15, -0.1) is 0 Å². The molecule has 5 rings (SSSR count). The van der Waals surface area contributed by atoms with Crippen molar-refractivity contribution < 1.29 is 18.0 Å². The van der Waals surface area contributed by atoms with Crippen molar-refractivity contribution >= 4 is 16.8 Å². The summed E-state index contributed by atoms with van der Waals surface area (Å²) in [5, 5.41) is 3.43. The molecular formula is C24H20F3N3O. The molecule has 0 radical (unpaired) electrons. The topological polar surface area (TPSA) is 60.7 Å². The number of nitrogens with one attached hydrogen (secondary N) is 3. The van der Waals surface area contributed by atoms with Crippen LogP contribution in [0.2, 0.25) is 0 Å². The number of benzene rings is 2.